The van der Waals surface area contributed by atoms with Gasteiger partial charge in [-0.2, -0.15) is 0 Å². The van der Waals surface area contributed by atoms with Crippen molar-refractivity contribution in [1.82, 2.24) is 9.88 Å². The Morgan fingerprint density at radius 2 is 1.83 bits per heavy atom. The molecule has 0 atom stereocenters. The summed E-state index contributed by atoms with van der Waals surface area (Å²) >= 11 is 0. The molecule has 124 valence electrons. The highest BCUT2D eigenvalue weighted by atomic mass is 16.5. The molecule has 0 aliphatic rings. The van der Waals surface area contributed by atoms with Crippen LogP contribution in [0.4, 0.5) is 5.69 Å². The zero-order valence-electron chi connectivity index (χ0n) is 14.2. The lowest BCUT2D eigenvalue weighted by Crippen LogP contribution is -2.22. The number of nitrogens with zero attached hydrogens (tertiary/aromatic N) is 2. The maximum absolute atomic E-state index is 5.80. The van der Waals surface area contributed by atoms with Gasteiger partial charge in [0.05, 0.1) is 17.8 Å². The van der Waals surface area contributed by atoms with Crippen LogP contribution in [0.5, 0.6) is 0 Å². The Labute approximate surface area is 142 Å². The largest absolute Gasteiger partial charge is 0.399 e. The first-order chi connectivity index (χ1) is 11.7. The van der Waals surface area contributed by atoms with Crippen molar-refractivity contribution >= 4 is 16.6 Å². The highest BCUT2D eigenvalue weighted by molar-refractivity contribution is 5.85. The van der Waals surface area contributed by atoms with Crippen LogP contribution in [0.2, 0.25) is 0 Å². The minimum atomic E-state index is 0.727. The number of hydrogen-bond donors (Lipinski definition) is 1. The molecule has 4 heteroatoms. The SMILES string of the molecule is COCCN(C)Cc1cc(-c2ccc(N)cc2)nc2ccccc12. The third-order valence-corrected chi connectivity index (χ3v) is 4.13. The van der Waals surface area contributed by atoms with Gasteiger partial charge in [0.25, 0.3) is 0 Å². The van der Waals surface area contributed by atoms with E-state index in [9.17, 15) is 0 Å². The normalized spacial score (nSPS) is 11.3. The molecule has 3 rings (SSSR count). The summed E-state index contributed by atoms with van der Waals surface area (Å²) in [6.07, 6.45) is 0. The Morgan fingerprint density at radius 3 is 2.58 bits per heavy atom. The molecule has 0 aliphatic carbocycles. The number of hydrogen-bond acceptors (Lipinski definition) is 4. The molecule has 0 saturated carbocycles. The standard InChI is InChI=1S/C20H23N3O/c1-23(11-12-24-2)14-16-13-20(15-7-9-17(21)10-8-15)22-19-6-4-3-5-18(16)19/h3-10,13H,11-12,14,21H2,1-2H3. The van der Waals surface area contributed by atoms with Crippen molar-refractivity contribution in [3.63, 3.8) is 0 Å². The van der Waals surface area contributed by atoms with Crippen LogP contribution in [-0.4, -0.2) is 37.2 Å². The van der Waals surface area contributed by atoms with Crippen molar-refractivity contribution in [2.45, 2.75) is 6.54 Å². The number of methoxy groups -OCH3 is 1. The second-order valence-electron chi connectivity index (χ2n) is 6.04. The first kappa shape index (κ1) is 16.4. The van der Waals surface area contributed by atoms with Gasteiger partial charge in [0, 0.05) is 36.8 Å². The number of nitrogen functional groups attached to an aromatic ring is 1. The lowest BCUT2D eigenvalue weighted by Gasteiger charge is -2.18. The summed E-state index contributed by atoms with van der Waals surface area (Å²) in [5.74, 6) is 0. The number of nitrogens with two attached hydrogens (primary N) is 1. The van der Waals surface area contributed by atoms with Crippen LogP contribution in [0.25, 0.3) is 22.2 Å². The number of benzene rings is 2. The van der Waals surface area contributed by atoms with Crippen LogP contribution >= 0.6 is 0 Å². The molecule has 0 saturated heterocycles. The summed E-state index contributed by atoms with van der Waals surface area (Å²) in [4.78, 5) is 7.08. The minimum Gasteiger partial charge on any atom is -0.399 e. The lowest BCUT2D eigenvalue weighted by atomic mass is 10.0. The third kappa shape index (κ3) is 3.72. The number of likely N-dealkylation sites (N-methyl/N-ethyl adjacent to an activating group) is 1. The van der Waals surface area contributed by atoms with Crippen LogP contribution in [0.3, 0.4) is 0 Å². The molecule has 0 bridgehead atoms. The number of anilines is 1. The van der Waals surface area contributed by atoms with Gasteiger partial charge in [-0.15, -0.1) is 0 Å². The molecule has 0 spiro atoms. The predicted molar refractivity (Wildman–Crippen MR) is 99.8 cm³/mol. The lowest BCUT2D eigenvalue weighted by molar-refractivity contribution is 0.159. The Bertz CT molecular complexity index is 815. The number of rotatable bonds is 6. The van der Waals surface area contributed by atoms with Gasteiger partial charge in [-0.1, -0.05) is 30.3 Å². The zero-order valence-corrected chi connectivity index (χ0v) is 14.2. The van der Waals surface area contributed by atoms with Crippen molar-refractivity contribution in [3.05, 3.63) is 60.2 Å². The molecule has 1 heterocycles. The fourth-order valence-electron chi connectivity index (χ4n) is 2.80. The summed E-state index contributed by atoms with van der Waals surface area (Å²) in [5.41, 5.74) is 10.9. The first-order valence-corrected chi connectivity index (χ1v) is 8.09. The monoisotopic (exact) mass is 321 g/mol. The maximum Gasteiger partial charge on any atom is 0.0712 e. The number of para-hydroxylation sites is 1. The van der Waals surface area contributed by atoms with Crippen LogP contribution in [0.1, 0.15) is 5.56 Å². The van der Waals surface area contributed by atoms with Gasteiger partial charge in [0.1, 0.15) is 0 Å². The van der Waals surface area contributed by atoms with Gasteiger partial charge in [-0.3, -0.25) is 4.90 Å². The van der Waals surface area contributed by atoms with E-state index in [1.54, 1.807) is 7.11 Å². The number of pyridine rings is 1. The van der Waals surface area contributed by atoms with E-state index in [0.717, 1.165) is 42.2 Å². The van der Waals surface area contributed by atoms with E-state index in [1.165, 1.54) is 10.9 Å². The predicted octanol–water partition coefficient (Wildman–Crippen LogP) is 3.56. The molecule has 2 aromatic carbocycles. The first-order valence-electron chi connectivity index (χ1n) is 8.09. The van der Waals surface area contributed by atoms with E-state index >= 15 is 0 Å². The Kier molecular flexibility index (Phi) is 5.08. The fraction of sp³-hybridized carbons (Fsp3) is 0.250. The third-order valence-electron chi connectivity index (χ3n) is 4.13. The number of fused-ring (bicyclic) bond motifs is 1. The van der Waals surface area contributed by atoms with Gasteiger partial charge in [-0.25, -0.2) is 4.98 Å². The van der Waals surface area contributed by atoms with Crippen LogP contribution in [0.15, 0.2) is 54.6 Å². The molecule has 3 aromatic rings. The zero-order chi connectivity index (χ0) is 16.9. The second-order valence-corrected chi connectivity index (χ2v) is 6.04. The van der Waals surface area contributed by atoms with Gasteiger partial charge in [0.2, 0.25) is 0 Å². The average molecular weight is 321 g/mol. The summed E-state index contributed by atoms with van der Waals surface area (Å²) in [6.45, 7) is 2.48. The molecular formula is C20H23N3O. The van der Waals surface area contributed by atoms with Gasteiger partial charge in [-0.05, 0) is 36.9 Å². The Balaban J connectivity index is 2.01. The van der Waals surface area contributed by atoms with Gasteiger partial charge >= 0.3 is 0 Å². The van der Waals surface area contributed by atoms with E-state index in [-0.39, 0.29) is 0 Å². The molecular weight excluding hydrogens is 298 g/mol. The summed E-state index contributed by atoms with van der Waals surface area (Å²) in [7, 11) is 3.84. The number of ether oxygens (including phenoxy) is 1. The molecule has 24 heavy (non-hydrogen) atoms. The van der Waals surface area contributed by atoms with Crippen molar-refractivity contribution in [3.8, 4) is 11.3 Å². The summed E-state index contributed by atoms with van der Waals surface area (Å²) < 4.78 is 5.18. The molecule has 1 aromatic heterocycles. The second kappa shape index (κ2) is 7.43. The Hall–Kier alpha value is -2.43. The molecule has 0 unspecified atom stereocenters. The molecule has 4 nitrogen and oxygen atoms in total. The van der Waals surface area contributed by atoms with Crippen molar-refractivity contribution in [2.24, 2.45) is 0 Å². The van der Waals surface area contributed by atoms with E-state index in [2.05, 4.69) is 36.2 Å². The average Bonchev–Trinajstić information content (AvgIpc) is 2.60. The van der Waals surface area contributed by atoms with Gasteiger partial charge < -0.3 is 10.5 Å². The molecule has 0 radical (unpaired) electrons. The van der Waals surface area contributed by atoms with Crippen LogP contribution in [-0.2, 0) is 11.3 Å². The van der Waals surface area contributed by atoms with Crippen molar-refractivity contribution in [1.29, 1.82) is 0 Å². The van der Waals surface area contributed by atoms with Crippen LogP contribution in [0, 0.1) is 0 Å². The van der Waals surface area contributed by atoms with Gasteiger partial charge in [0.15, 0.2) is 0 Å². The minimum absolute atomic E-state index is 0.727. The van der Waals surface area contributed by atoms with Crippen LogP contribution < -0.4 is 5.73 Å². The number of aromatic nitrogens is 1. The van der Waals surface area contributed by atoms with Crippen molar-refractivity contribution in [2.75, 3.05) is 33.0 Å². The van der Waals surface area contributed by atoms with E-state index in [1.807, 2.05) is 30.3 Å². The highest BCUT2D eigenvalue weighted by Crippen LogP contribution is 2.26. The smallest absolute Gasteiger partial charge is 0.0712 e. The van der Waals surface area contributed by atoms with E-state index < -0.39 is 0 Å². The molecule has 0 aliphatic heterocycles. The molecule has 2 N–H and O–H groups in total. The summed E-state index contributed by atoms with van der Waals surface area (Å²) in [5, 5.41) is 1.20. The molecule has 0 fully saturated rings. The van der Waals surface area contributed by atoms with E-state index in [4.69, 9.17) is 15.5 Å². The topological polar surface area (TPSA) is 51.4 Å². The molecule has 0 amide bonds. The Morgan fingerprint density at radius 1 is 1.08 bits per heavy atom. The van der Waals surface area contributed by atoms with Crippen molar-refractivity contribution < 1.29 is 4.74 Å². The highest BCUT2D eigenvalue weighted by Gasteiger charge is 2.09. The summed E-state index contributed by atoms with van der Waals surface area (Å²) in [6, 6.07) is 18.3. The fourth-order valence-corrected chi connectivity index (χ4v) is 2.80. The van der Waals surface area contributed by atoms with E-state index in [0.29, 0.717) is 0 Å². The maximum atomic E-state index is 5.80. The quantitative estimate of drug-likeness (QED) is 0.705.